The van der Waals surface area contributed by atoms with Crippen LogP contribution in [0.3, 0.4) is 0 Å². The second-order valence-corrected chi connectivity index (χ2v) is 7.96. The molecule has 1 aromatic carbocycles. The van der Waals surface area contributed by atoms with Gasteiger partial charge in [-0.1, -0.05) is 43.7 Å². The van der Waals surface area contributed by atoms with E-state index in [0.29, 0.717) is 12.2 Å². The predicted molar refractivity (Wildman–Crippen MR) is 96.1 cm³/mol. The van der Waals surface area contributed by atoms with Crippen LogP contribution in [0.25, 0.3) is 0 Å². The van der Waals surface area contributed by atoms with Crippen LogP contribution in [0.4, 0.5) is 0 Å². The van der Waals surface area contributed by atoms with E-state index in [4.69, 9.17) is 5.73 Å². The maximum absolute atomic E-state index is 12.7. The van der Waals surface area contributed by atoms with Gasteiger partial charge in [0.25, 0.3) is 0 Å². The van der Waals surface area contributed by atoms with Gasteiger partial charge in [0.15, 0.2) is 5.82 Å². The highest BCUT2D eigenvalue weighted by Crippen LogP contribution is 2.20. The van der Waals surface area contributed by atoms with Crippen molar-refractivity contribution in [2.45, 2.75) is 43.9 Å². The molecule has 1 unspecified atom stereocenters. The summed E-state index contributed by atoms with van der Waals surface area (Å²) in [7, 11) is -2.59. The van der Waals surface area contributed by atoms with Gasteiger partial charge in [0.2, 0.25) is 15.0 Å². The van der Waals surface area contributed by atoms with Crippen molar-refractivity contribution in [1.82, 2.24) is 14.8 Å². The molecule has 1 aromatic heterocycles. The van der Waals surface area contributed by atoms with E-state index in [-0.39, 0.29) is 18.1 Å². The lowest BCUT2D eigenvalue weighted by molar-refractivity contribution is -0.140. The van der Waals surface area contributed by atoms with Crippen molar-refractivity contribution < 1.29 is 17.9 Å². The average molecular weight is 380 g/mol. The normalized spacial score (nSPS) is 12.7. The summed E-state index contributed by atoms with van der Waals surface area (Å²) in [4.78, 5) is 11.3. The highest BCUT2D eigenvalue weighted by Gasteiger charge is 2.27. The molecule has 1 atom stereocenters. The van der Waals surface area contributed by atoms with Crippen molar-refractivity contribution in [3.05, 3.63) is 41.7 Å². The number of benzene rings is 1. The first-order valence-electron chi connectivity index (χ1n) is 8.41. The first-order chi connectivity index (χ1) is 12.4. The third-order valence-electron chi connectivity index (χ3n) is 3.94. The van der Waals surface area contributed by atoms with Gasteiger partial charge in [0.1, 0.15) is 0 Å². The molecular weight excluding hydrogens is 356 g/mol. The number of methoxy groups -OCH3 is 1. The molecule has 0 aliphatic rings. The number of ether oxygens (including phenoxy) is 1. The van der Waals surface area contributed by atoms with Gasteiger partial charge in [0.05, 0.1) is 31.9 Å². The van der Waals surface area contributed by atoms with Gasteiger partial charge in [0, 0.05) is 0 Å². The van der Waals surface area contributed by atoms with Crippen LogP contribution in [-0.2, 0) is 25.9 Å². The molecule has 1 heterocycles. The van der Waals surface area contributed by atoms with E-state index in [0.717, 1.165) is 12.0 Å². The van der Waals surface area contributed by atoms with Gasteiger partial charge in [-0.25, -0.2) is 8.42 Å². The highest BCUT2D eigenvalue weighted by molar-refractivity contribution is 7.91. The number of hydrogen-bond donors (Lipinski definition) is 1. The molecule has 8 nitrogen and oxygen atoms in total. The Balaban J connectivity index is 2.40. The largest absolute Gasteiger partial charge is 0.469 e. The zero-order valence-electron chi connectivity index (χ0n) is 15.0. The molecule has 0 radical (unpaired) electrons. The van der Waals surface area contributed by atoms with Gasteiger partial charge in [-0.2, -0.15) is 0 Å². The van der Waals surface area contributed by atoms with Gasteiger partial charge < -0.3 is 10.5 Å². The summed E-state index contributed by atoms with van der Waals surface area (Å²) in [5, 5.41) is 7.75. The Labute approximate surface area is 153 Å². The topological polar surface area (TPSA) is 117 Å². The quantitative estimate of drug-likeness (QED) is 0.654. The minimum Gasteiger partial charge on any atom is -0.469 e. The van der Waals surface area contributed by atoms with E-state index in [1.165, 1.54) is 11.7 Å². The van der Waals surface area contributed by atoms with Crippen LogP contribution in [0.5, 0.6) is 0 Å². The van der Waals surface area contributed by atoms with Crippen LogP contribution in [0.2, 0.25) is 0 Å². The number of aromatic nitrogens is 3. The molecule has 9 heteroatoms. The zero-order valence-corrected chi connectivity index (χ0v) is 15.8. The van der Waals surface area contributed by atoms with Crippen molar-refractivity contribution in [3.8, 4) is 0 Å². The second-order valence-electron chi connectivity index (χ2n) is 5.95. The van der Waals surface area contributed by atoms with Crippen molar-refractivity contribution in [1.29, 1.82) is 0 Å². The number of carbonyl (C=O) groups is 1. The molecule has 0 saturated carbocycles. The van der Waals surface area contributed by atoms with Crippen molar-refractivity contribution in [3.63, 3.8) is 0 Å². The summed E-state index contributed by atoms with van der Waals surface area (Å²) in [5.74, 6) is -0.562. The first kappa shape index (κ1) is 20.1. The fourth-order valence-corrected chi connectivity index (χ4v) is 3.85. The summed E-state index contributed by atoms with van der Waals surface area (Å²) < 4.78 is 31.4. The summed E-state index contributed by atoms with van der Waals surface area (Å²) in [6.07, 6.45) is 1.26. The third-order valence-corrected chi connectivity index (χ3v) is 5.54. The number of nitrogens with two attached hydrogens (primary N) is 1. The summed E-state index contributed by atoms with van der Waals surface area (Å²) in [6, 6.07) is 8.99. The Morgan fingerprint density at radius 3 is 2.58 bits per heavy atom. The number of nitrogens with zero attached hydrogens (tertiary/aromatic N) is 3. The minimum absolute atomic E-state index is 0.174. The van der Waals surface area contributed by atoms with Crippen LogP contribution in [0.1, 0.15) is 43.6 Å². The highest BCUT2D eigenvalue weighted by atomic mass is 32.2. The Morgan fingerprint density at radius 2 is 1.96 bits per heavy atom. The third kappa shape index (κ3) is 4.89. The second kappa shape index (κ2) is 8.91. The average Bonchev–Trinajstić information content (AvgIpc) is 3.05. The molecule has 2 rings (SSSR count). The smallest absolute Gasteiger partial charge is 0.306 e. The number of carbonyl (C=O) groups excluding carboxylic acids is 1. The van der Waals surface area contributed by atoms with E-state index >= 15 is 0 Å². The molecule has 0 amide bonds. The predicted octanol–water partition coefficient (Wildman–Crippen LogP) is 1.46. The molecule has 0 aliphatic heterocycles. The summed E-state index contributed by atoms with van der Waals surface area (Å²) in [5.41, 5.74) is 7.07. The maximum Gasteiger partial charge on any atom is 0.306 e. The molecule has 0 spiro atoms. The lowest BCUT2D eigenvalue weighted by Crippen LogP contribution is -2.21. The van der Waals surface area contributed by atoms with Crippen LogP contribution < -0.4 is 5.73 Å². The van der Waals surface area contributed by atoms with Gasteiger partial charge in [-0.05, 0) is 12.0 Å². The lowest BCUT2D eigenvalue weighted by atomic mass is 10.1. The van der Waals surface area contributed by atoms with Crippen molar-refractivity contribution in [2.24, 2.45) is 5.73 Å². The van der Waals surface area contributed by atoms with E-state index in [2.05, 4.69) is 14.9 Å². The zero-order chi connectivity index (χ0) is 19.2. The molecule has 2 N–H and O–H groups in total. The number of hydrogen-bond acceptors (Lipinski definition) is 7. The number of esters is 1. The monoisotopic (exact) mass is 380 g/mol. The van der Waals surface area contributed by atoms with Crippen LogP contribution in [0, 0.1) is 0 Å². The Hall–Kier alpha value is -2.26. The molecule has 0 saturated heterocycles. The number of rotatable bonds is 9. The first-order valence-corrected chi connectivity index (χ1v) is 10.1. The van der Waals surface area contributed by atoms with E-state index in [1.807, 2.05) is 37.3 Å². The molecular formula is C17H24N4O4S. The van der Waals surface area contributed by atoms with E-state index in [1.54, 1.807) is 0 Å². The fourth-order valence-electron chi connectivity index (χ4n) is 2.57. The van der Waals surface area contributed by atoms with Gasteiger partial charge in [-0.15, -0.1) is 10.2 Å². The molecule has 0 bridgehead atoms. The Morgan fingerprint density at radius 1 is 1.27 bits per heavy atom. The van der Waals surface area contributed by atoms with Crippen LogP contribution >= 0.6 is 0 Å². The molecule has 0 fully saturated rings. The Kier molecular flexibility index (Phi) is 6.87. The SMILES string of the molecule is CCCC(N)c1nnc(S(=O)(=O)CCC(=O)OC)n1Cc1ccccc1. The molecule has 2 aromatic rings. The van der Waals surface area contributed by atoms with Crippen LogP contribution in [0.15, 0.2) is 35.5 Å². The molecule has 0 aliphatic carbocycles. The van der Waals surface area contributed by atoms with Gasteiger partial charge in [-0.3, -0.25) is 9.36 Å². The molecule has 142 valence electrons. The minimum atomic E-state index is -3.81. The molecule has 26 heavy (non-hydrogen) atoms. The number of sulfone groups is 1. The van der Waals surface area contributed by atoms with Crippen LogP contribution in [-0.4, -0.2) is 42.0 Å². The fraction of sp³-hybridized carbons (Fsp3) is 0.471. The van der Waals surface area contributed by atoms with Crippen molar-refractivity contribution in [2.75, 3.05) is 12.9 Å². The summed E-state index contributed by atoms with van der Waals surface area (Å²) >= 11 is 0. The van der Waals surface area contributed by atoms with E-state index < -0.39 is 27.6 Å². The van der Waals surface area contributed by atoms with E-state index in [9.17, 15) is 13.2 Å². The van der Waals surface area contributed by atoms with Crippen molar-refractivity contribution >= 4 is 15.8 Å². The van der Waals surface area contributed by atoms with Gasteiger partial charge >= 0.3 is 5.97 Å². The Bertz CT molecular complexity index is 834. The summed E-state index contributed by atoms with van der Waals surface area (Å²) in [6.45, 7) is 2.28. The standard InChI is InChI=1S/C17H24N4O4S/c1-3-7-14(18)16-19-20-17(26(23,24)11-10-15(22)25-2)21(16)12-13-8-5-4-6-9-13/h4-6,8-9,14H,3,7,10-12,18H2,1-2H3. The maximum atomic E-state index is 12.7. The lowest BCUT2D eigenvalue weighted by Gasteiger charge is -2.14.